The van der Waals surface area contributed by atoms with Gasteiger partial charge in [0, 0.05) is 47.3 Å². The number of carbonyl (C=O) groups is 4. The van der Waals surface area contributed by atoms with E-state index in [9.17, 15) is 33.1 Å². The maximum Gasteiger partial charge on any atom is 0.257 e. The highest BCUT2D eigenvalue weighted by Crippen LogP contribution is 2.40. The number of aliphatic hydroxyl groups is 1. The summed E-state index contributed by atoms with van der Waals surface area (Å²) in [6.45, 7) is 0.0941. The van der Waals surface area contributed by atoms with Gasteiger partial charge in [-0.1, -0.05) is 42.5 Å². The van der Waals surface area contributed by atoms with E-state index in [2.05, 4.69) is 10.6 Å². The number of benzene rings is 3. The second kappa shape index (κ2) is 19.9. The first-order valence-electron chi connectivity index (χ1n) is 18.9. The van der Waals surface area contributed by atoms with Crippen molar-refractivity contribution in [2.24, 2.45) is 11.7 Å². The van der Waals surface area contributed by atoms with E-state index in [1.54, 1.807) is 34.9 Å². The monoisotopic (exact) mass is 821 g/mol. The molecule has 3 heterocycles. The van der Waals surface area contributed by atoms with Gasteiger partial charge in [0.05, 0.1) is 76.1 Å². The molecular formula is C41H45F2N5O9S. The minimum Gasteiger partial charge on any atom is -0.491 e. The molecule has 14 nitrogen and oxygen atoms in total. The first-order chi connectivity index (χ1) is 28.1. The summed E-state index contributed by atoms with van der Waals surface area (Å²) < 4.78 is 51.3. The lowest BCUT2D eigenvalue weighted by atomic mass is 10.0. The van der Waals surface area contributed by atoms with E-state index in [-0.39, 0.29) is 94.1 Å². The van der Waals surface area contributed by atoms with Crippen LogP contribution in [0.5, 0.6) is 5.75 Å². The SMILES string of the molecule is NC(=S)c1cccc(-c2cn(CC(CF)CF)c3cc(NC(=O)CCOCCOCCOCCOc4cccc5c4C(O)N(C4CCC(=O)NC4=O)C5=O)ccc23)c1. The van der Waals surface area contributed by atoms with Gasteiger partial charge in [-0.3, -0.25) is 38.2 Å². The summed E-state index contributed by atoms with van der Waals surface area (Å²) in [5, 5.41) is 16.9. The molecule has 2 aliphatic heterocycles. The third-order valence-electron chi connectivity index (χ3n) is 9.82. The summed E-state index contributed by atoms with van der Waals surface area (Å²) in [6, 6.07) is 16.7. The lowest BCUT2D eigenvalue weighted by Gasteiger charge is -2.32. The number of amides is 4. The van der Waals surface area contributed by atoms with Crippen molar-refractivity contribution in [1.82, 2.24) is 14.8 Å². The summed E-state index contributed by atoms with van der Waals surface area (Å²) >= 11 is 5.14. The molecule has 2 atom stereocenters. The molecule has 0 spiro atoms. The third-order valence-corrected chi connectivity index (χ3v) is 10.1. The second-order valence-electron chi connectivity index (χ2n) is 13.8. The highest BCUT2D eigenvalue weighted by Gasteiger charge is 2.45. The number of alkyl halides is 2. The minimum atomic E-state index is -1.40. The number of ether oxygens (including phenoxy) is 4. The number of fused-ring (bicyclic) bond motifs is 2. The Hall–Kier alpha value is -5.33. The average molecular weight is 822 g/mol. The van der Waals surface area contributed by atoms with E-state index in [0.717, 1.165) is 21.4 Å². The molecule has 0 bridgehead atoms. The van der Waals surface area contributed by atoms with Crippen molar-refractivity contribution >= 4 is 57.4 Å². The number of aromatic nitrogens is 1. The van der Waals surface area contributed by atoms with Gasteiger partial charge in [0.1, 0.15) is 23.4 Å². The van der Waals surface area contributed by atoms with E-state index in [1.807, 2.05) is 36.5 Å². The molecule has 4 amide bonds. The molecule has 6 rings (SSSR count). The number of halogens is 2. The van der Waals surface area contributed by atoms with Gasteiger partial charge in [0.25, 0.3) is 5.91 Å². The number of thiocarbonyl (C=S) groups is 1. The molecule has 4 aromatic rings. The predicted molar refractivity (Wildman–Crippen MR) is 214 cm³/mol. The van der Waals surface area contributed by atoms with E-state index < -0.39 is 49.3 Å². The van der Waals surface area contributed by atoms with Crippen molar-refractivity contribution in [3.05, 3.63) is 83.6 Å². The van der Waals surface area contributed by atoms with Crippen molar-refractivity contribution in [3.8, 4) is 16.9 Å². The smallest absolute Gasteiger partial charge is 0.257 e. The molecule has 2 aliphatic rings. The number of rotatable bonds is 21. The topological polar surface area (TPSA) is 184 Å². The Morgan fingerprint density at radius 1 is 0.931 bits per heavy atom. The van der Waals surface area contributed by atoms with Gasteiger partial charge in [-0.25, -0.2) is 0 Å². The van der Waals surface area contributed by atoms with E-state index in [4.69, 9.17) is 36.9 Å². The summed E-state index contributed by atoms with van der Waals surface area (Å²) in [5.74, 6) is -2.35. The van der Waals surface area contributed by atoms with Crippen LogP contribution in [0.15, 0.2) is 66.9 Å². The number of nitrogens with two attached hydrogens (primary N) is 1. The quantitative estimate of drug-likeness (QED) is 0.0537. The molecule has 0 aliphatic carbocycles. The van der Waals surface area contributed by atoms with Crippen LogP contribution in [0.2, 0.25) is 0 Å². The average Bonchev–Trinajstić information content (AvgIpc) is 3.70. The zero-order valence-corrected chi connectivity index (χ0v) is 32.4. The Morgan fingerprint density at radius 3 is 2.34 bits per heavy atom. The number of carbonyl (C=O) groups excluding carboxylic acids is 4. The van der Waals surface area contributed by atoms with Gasteiger partial charge in [-0.2, -0.15) is 0 Å². The molecule has 2 unspecified atom stereocenters. The summed E-state index contributed by atoms with van der Waals surface area (Å²) in [5.41, 5.74) is 9.96. The molecule has 1 saturated heterocycles. The van der Waals surface area contributed by atoms with E-state index in [0.29, 0.717) is 22.5 Å². The number of hydrogen-bond acceptors (Lipinski definition) is 10. The number of anilines is 1. The molecule has 1 fully saturated rings. The maximum atomic E-state index is 13.5. The number of aliphatic hydroxyl groups excluding tert-OH is 1. The second-order valence-corrected chi connectivity index (χ2v) is 14.2. The van der Waals surface area contributed by atoms with Crippen LogP contribution in [-0.4, -0.2) is 109 Å². The van der Waals surface area contributed by atoms with E-state index in [1.165, 1.54) is 0 Å². The molecule has 3 aromatic carbocycles. The molecule has 1 aromatic heterocycles. The molecule has 58 heavy (non-hydrogen) atoms. The standard InChI is InChI=1S/C41H45F2N5O9S/c42-21-25(22-43)23-47-24-31(26-3-1-4-27(19-26)38(44)58)29-8-7-28(20-33(29)47)45-36(50)11-12-54-13-14-55-15-16-56-17-18-57-34-6-2-5-30-37(34)41(53)48(40(30)52)32-9-10-35(49)46-39(32)51/h1-8,19-20,24-25,32,41,53H,9-18,21-23H2,(H2,44,58)(H,45,50)(H,46,49,51). The Morgan fingerprint density at radius 2 is 1.64 bits per heavy atom. The maximum absolute atomic E-state index is 13.5. The van der Waals surface area contributed by atoms with Crippen LogP contribution in [0, 0.1) is 5.92 Å². The molecule has 0 saturated carbocycles. The number of nitrogens with one attached hydrogen (secondary N) is 2. The Labute approximate surface area is 338 Å². The Balaban J connectivity index is 0.882. The van der Waals surface area contributed by atoms with Crippen molar-refractivity contribution in [3.63, 3.8) is 0 Å². The van der Waals surface area contributed by atoms with Crippen molar-refractivity contribution in [2.45, 2.75) is 38.1 Å². The molecule has 17 heteroatoms. The Bertz CT molecular complexity index is 2150. The van der Waals surface area contributed by atoms with Crippen LogP contribution < -0.4 is 21.1 Å². The largest absolute Gasteiger partial charge is 0.491 e. The minimum absolute atomic E-state index is 0.0681. The predicted octanol–water partition coefficient (Wildman–Crippen LogP) is 4.21. The lowest BCUT2D eigenvalue weighted by Crippen LogP contribution is -2.53. The van der Waals surface area contributed by atoms with Gasteiger partial charge < -0.3 is 39.7 Å². The third kappa shape index (κ3) is 10.0. The molecule has 0 radical (unpaired) electrons. The fourth-order valence-corrected chi connectivity index (χ4v) is 7.05. The fourth-order valence-electron chi connectivity index (χ4n) is 6.92. The number of hydrogen-bond donors (Lipinski definition) is 4. The van der Waals surface area contributed by atoms with Crippen LogP contribution in [0.3, 0.4) is 0 Å². The summed E-state index contributed by atoms with van der Waals surface area (Å²) in [7, 11) is 0. The van der Waals surface area contributed by atoms with Gasteiger partial charge in [0.2, 0.25) is 17.7 Å². The van der Waals surface area contributed by atoms with Crippen molar-refractivity contribution in [1.29, 1.82) is 0 Å². The molecular weight excluding hydrogens is 777 g/mol. The number of imide groups is 1. The molecule has 5 N–H and O–H groups in total. The van der Waals surface area contributed by atoms with Crippen LogP contribution >= 0.6 is 12.2 Å². The van der Waals surface area contributed by atoms with Gasteiger partial charge >= 0.3 is 0 Å². The summed E-state index contributed by atoms with van der Waals surface area (Å²) in [6.07, 6.45) is 0.727. The normalized spacial score (nSPS) is 16.6. The zero-order chi connectivity index (χ0) is 41.2. The van der Waals surface area contributed by atoms with E-state index >= 15 is 0 Å². The Kier molecular flexibility index (Phi) is 14.5. The van der Waals surface area contributed by atoms with Crippen LogP contribution in [0.25, 0.3) is 22.0 Å². The fraction of sp³-hybridized carbons (Fsp3) is 0.390. The van der Waals surface area contributed by atoms with Gasteiger partial charge in [-0.15, -0.1) is 0 Å². The van der Waals surface area contributed by atoms with Crippen LogP contribution in [-0.2, 0) is 35.1 Å². The first kappa shape index (κ1) is 42.3. The van der Waals surface area contributed by atoms with Crippen molar-refractivity contribution < 1.29 is 52.0 Å². The van der Waals surface area contributed by atoms with Crippen LogP contribution in [0.1, 0.15) is 47.0 Å². The van der Waals surface area contributed by atoms with Crippen LogP contribution in [0.4, 0.5) is 14.5 Å². The zero-order valence-electron chi connectivity index (χ0n) is 31.6. The summed E-state index contributed by atoms with van der Waals surface area (Å²) in [4.78, 5) is 51.0. The first-order valence-corrected chi connectivity index (χ1v) is 19.3. The number of piperidine rings is 1. The highest BCUT2D eigenvalue weighted by atomic mass is 32.1. The number of nitrogens with zero attached hydrogens (tertiary/aromatic N) is 2. The van der Waals surface area contributed by atoms with Gasteiger partial charge in [-0.05, 0) is 42.3 Å². The van der Waals surface area contributed by atoms with Crippen molar-refractivity contribution in [2.75, 3.05) is 64.9 Å². The lowest BCUT2D eigenvalue weighted by molar-refractivity contribution is -0.139. The van der Waals surface area contributed by atoms with Gasteiger partial charge in [0.15, 0.2) is 6.23 Å². The molecule has 308 valence electrons. The highest BCUT2D eigenvalue weighted by molar-refractivity contribution is 7.80.